The molecule has 1 saturated heterocycles. The number of hydrogen-bond donors (Lipinski definition) is 1. The molecule has 3 aliphatic carbocycles. The van der Waals surface area contributed by atoms with E-state index < -0.39 is 6.04 Å². The molecule has 3 atom stereocenters. The largest absolute Gasteiger partial charge is 0.351 e. The van der Waals surface area contributed by atoms with Crippen molar-refractivity contribution < 1.29 is 14.4 Å². The average Bonchev–Trinajstić information content (AvgIpc) is 3.45. The normalized spacial score (nSPS) is 32.2. The van der Waals surface area contributed by atoms with Gasteiger partial charge in [-0.2, -0.15) is 0 Å². The monoisotopic (exact) mass is 318 g/mol. The van der Waals surface area contributed by atoms with E-state index in [1.807, 2.05) is 0 Å². The quantitative estimate of drug-likeness (QED) is 0.787. The summed E-state index contributed by atoms with van der Waals surface area (Å²) in [6.07, 6.45) is 8.41. The number of nitrogens with one attached hydrogen (secondary N) is 1. The number of carbonyl (C=O) groups is 3. The summed E-state index contributed by atoms with van der Waals surface area (Å²) >= 11 is 0. The molecular formula is C18H26N2O3. The minimum absolute atomic E-state index is 0.114. The fraction of sp³-hybridized carbons (Fsp3) is 0.833. The summed E-state index contributed by atoms with van der Waals surface area (Å²) in [4.78, 5) is 39.1. The smallest absolute Gasteiger partial charge is 0.243 e. The third-order valence-electron chi connectivity index (χ3n) is 6.21. The van der Waals surface area contributed by atoms with Gasteiger partial charge >= 0.3 is 0 Å². The van der Waals surface area contributed by atoms with Crippen LogP contribution in [0.5, 0.6) is 0 Å². The highest BCUT2D eigenvalue weighted by molar-refractivity contribution is 6.08. The molecule has 3 amide bonds. The predicted octanol–water partition coefficient (Wildman–Crippen LogP) is 1.85. The van der Waals surface area contributed by atoms with Crippen molar-refractivity contribution in [3.8, 4) is 0 Å². The van der Waals surface area contributed by atoms with Crippen LogP contribution in [0.3, 0.4) is 0 Å². The number of rotatable bonds is 5. The molecule has 126 valence electrons. The van der Waals surface area contributed by atoms with E-state index in [0.717, 1.165) is 25.7 Å². The molecule has 0 spiro atoms. The van der Waals surface area contributed by atoms with Crippen molar-refractivity contribution in [1.82, 2.24) is 10.2 Å². The van der Waals surface area contributed by atoms with Gasteiger partial charge < -0.3 is 5.32 Å². The van der Waals surface area contributed by atoms with Gasteiger partial charge in [0.1, 0.15) is 6.04 Å². The van der Waals surface area contributed by atoms with E-state index in [0.29, 0.717) is 11.8 Å². The van der Waals surface area contributed by atoms with E-state index in [4.69, 9.17) is 0 Å². The van der Waals surface area contributed by atoms with Gasteiger partial charge in [-0.3, -0.25) is 19.3 Å². The van der Waals surface area contributed by atoms with Crippen LogP contribution in [0.25, 0.3) is 0 Å². The minimum Gasteiger partial charge on any atom is -0.351 e. The van der Waals surface area contributed by atoms with Crippen LogP contribution in [-0.4, -0.2) is 34.7 Å². The lowest BCUT2D eigenvalue weighted by Gasteiger charge is -2.25. The van der Waals surface area contributed by atoms with Gasteiger partial charge in [0.25, 0.3) is 0 Å². The Balaban J connectivity index is 1.45. The van der Waals surface area contributed by atoms with Crippen LogP contribution in [0, 0.1) is 23.7 Å². The second-order valence-corrected chi connectivity index (χ2v) is 7.93. The Morgan fingerprint density at radius 2 is 1.43 bits per heavy atom. The van der Waals surface area contributed by atoms with Crippen molar-refractivity contribution in [2.24, 2.45) is 23.7 Å². The first-order valence-electron chi connectivity index (χ1n) is 9.25. The van der Waals surface area contributed by atoms with Crippen LogP contribution in [0.4, 0.5) is 0 Å². The van der Waals surface area contributed by atoms with E-state index in [1.165, 1.54) is 30.6 Å². The molecule has 1 N–H and O–H groups in total. The van der Waals surface area contributed by atoms with E-state index in [-0.39, 0.29) is 35.6 Å². The third-order valence-corrected chi connectivity index (χ3v) is 6.21. The van der Waals surface area contributed by atoms with Gasteiger partial charge in [0.15, 0.2) is 0 Å². The van der Waals surface area contributed by atoms with Crippen LogP contribution in [-0.2, 0) is 14.4 Å². The maximum Gasteiger partial charge on any atom is 0.243 e. The van der Waals surface area contributed by atoms with Crippen molar-refractivity contribution in [1.29, 1.82) is 0 Å². The molecule has 0 aromatic carbocycles. The van der Waals surface area contributed by atoms with Crippen LogP contribution in [0.15, 0.2) is 0 Å². The zero-order chi connectivity index (χ0) is 16.1. The second kappa shape index (κ2) is 5.60. The first kappa shape index (κ1) is 15.2. The average molecular weight is 318 g/mol. The number of nitrogens with zero attached hydrogens (tertiary/aromatic N) is 1. The van der Waals surface area contributed by atoms with Crippen molar-refractivity contribution in [3.63, 3.8) is 0 Å². The lowest BCUT2D eigenvalue weighted by Crippen LogP contribution is -2.51. The topological polar surface area (TPSA) is 66.5 Å². The molecule has 5 nitrogen and oxygen atoms in total. The van der Waals surface area contributed by atoms with Crippen LogP contribution < -0.4 is 5.32 Å². The first-order chi connectivity index (χ1) is 11.1. The Morgan fingerprint density at radius 1 is 0.957 bits per heavy atom. The Hall–Kier alpha value is -1.39. The molecule has 3 saturated carbocycles. The highest BCUT2D eigenvalue weighted by Gasteiger charge is 2.51. The first-order valence-corrected chi connectivity index (χ1v) is 9.25. The Kier molecular flexibility index (Phi) is 3.69. The maximum absolute atomic E-state index is 12.6. The fourth-order valence-electron chi connectivity index (χ4n) is 4.50. The number of hydrogen-bond acceptors (Lipinski definition) is 3. The number of carbonyl (C=O) groups excluding carboxylic acids is 3. The highest BCUT2D eigenvalue weighted by Crippen LogP contribution is 2.44. The van der Waals surface area contributed by atoms with Crippen molar-refractivity contribution >= 4 is 17.7 Å². The van der Waals surface area contributed by atoms with Gasteiger partial charge in [0.2, 0.25) is 17.7 Å². The molecule has 4 fully saturated rings. The number of likely N-dealkylation sites (tertiary alicyclic amines) is 1. The molecule has 1 aliphatic heterocycles. The van der Waals surface area contributed by atoms with Gasteiger partial charge in [0.05, 0.1) is 11.8 Å². The van der Waals surface area contributed by atoms with Gasteiger partial charge in [-0.15, -0.1) is 0 Å². The van der Waals surface area contributed by atoms with Crippen LogP contribution in [0.1, 0.15) is 58.3 Å². The molecule has 23 heavy (non-hydrogen) atoms. The van der Waals surface area contributed by atoms with Crippen LogP contribution in [0.2, 0.25) is 0 Å². The number of imide groups is 1. The lowest BCUT2D eigenvalue weighted by molar-refractivity contribution is -0.147. The molecule has 3 unspecified atom stereocenters. The van der Waals surface area contributed by atoms with E-state index in [9.17, 15) is 14.4 Å². The third kappa shape index (κ3) is 2.68. The van der Waals surface area contributed by atoms with Gasteiger partial charge in [0, 0.05) is 6.04 Å². The standard InChI is InChI=1S/C18H26N2O3/c1-10(16(21)19-15(11-6-7-11)12-8-9-12)20-17(22)13-4-2-3-5-14(13)18(20)23/h10-15H,2-9H2,1H3,(H,19,21). The SMILES string of the molecule is CC(C(=O)NC(C1CC1)C1CC1)N1C(=O)C2CCCCC2C1=O. The van der Waals surface area contributed by atoms with Gasteiger partial charge in [-0.05, 0) is 57.3 Å². The zero-order valence-electron chi connectivity index (χ0n) is 13.8. The van der Waals surface area contributed by atoms with Gasteiger partial charge in [-0.1, -0.05) is 12.8 Å². The maximum atomic E-state index is 12.6. The highest BCUT2D eigenvalue weighted by atomic mass is 16.2. The number of fused-ring (bicyclic) bond motifs is 1. The summed E-state index contributed by atoms with van der Waals surface area (Å²) in [7, 11) is 0. The molecule has 1 heterocycles. The Labute approximate surface area is 137 Å². The number of amides is 3. The Bertz CT molecular complexity index is 502. The molecule has 0 aromatic rings. The summed E-state index contributed by atoms with van der Waals surface area (Å²) in [5.41, 5.74) is 0. The molecule has 4 rings (SSSR count). The Morgan fingerprint density at radius 3 is 1.87 bits per heavy atom. The van der Waals surface area contributed by atoms with Crippen molar-refractivity contribution in [2.45, 2.75) is 70.4 Å². The molecule has 0 aromatic heterocycles. The summed E-state index contributed by atoms with van der Waals surface area (Å²) in [5.74, 6) is 0.517. The summed E-state index contributed by atoms with van der Waals surface area (Å²) in [6.45, 7) is 1.71. The minimum atomic E-state index is -0.666. The van der Waals surface area contributed by atoms with Crippen molar-refractivity contribution in [3.05, 3.63) is 0 Å². The van der Waals surface area contributed by atoms with Crippen LogP contribution >= 0.6 is 0 Å². The molecular weight excluding hydrogens is 292 g/mol. The van der Waals surface area contributed by atoms with Gasteiger partial charge in [-0.25, -0.2) is 0 Å². The fourth-order valence-corrected chi connectivity index (χ4v) is 4.50. The summed E-state index contributed by atoms with van der Waals surface area (Å²) < 4.78 is 0. The molecule has 0 bridgehead atoms. The summed E-state index contributed by atoms with van der Waals surface area (Å²) in [5, 5.41) is 3.15. The van der Waals surface area contributed by atoms with E-state index in [1.54, 1.807) is 6.92 Å². The van der Waals surface area contributed by atoms with E-state index in [2.05, 4.69) is 5.32 Å². The zero-order valence-corrected chi connectivity index (χ0v) is 13.8. The van der Waals surface area contributed by atoms with E-state index >= 15 is 0 Å². The molecule has 5 heteroatoms. The molecule has 4 aliphatic rings. The molecule has 0 radical (unpaired) electrons. The second-order valence-electron chi connectivity index (χ2n) is 7.93. The van der Waals surface area contributed by atoms with Crippen molar-refractivity contribution in [2.75, 3.05) is 0 Å². The lowest BCUT2D eigenvalue weighted by atomic mass is 9.81. The summed E-state index contributed by atoms with van der Waals surface area (Å²) in [6, 6.07) is -0.402. The predicted molar refractivity (Wildman–Crippen MR) is 84.1 cm³/mol.